The van der Waals surface area contributed by atoms with Crippen LogP contribution in [0.3, 0.4) is 0 Å². The third kappa shape index (κ3) is 5.28. The summed E-state index contributed by atoms with van der Waals surface area (Å²) in [5.74, 6) is 0.615. The van der Waals surface area contributed by atoms with E-state index in [-0.39, 0.29) is 11.2 Å². The minimum atomic E-state index is -0.355. The maximum Gasteiger partial charge on any atom is 0.239 e. The highest BCUT2D eigenvalue weighted by Gasteiger charge is 2.31. The van der Waals surface area contributed by atoms with E-state index in [2.05, 4.69) is 22.4 Å². The second kappa shape index (κ2) is 9.96. The van der Waals surface area contributed by atoms with Crippen molar-refractivity contribution in [3.8, 4) is 5.75 Å². The van der Waals surface area contributed by atoms with E-state index in [0.29, 0.717) is 28.2 Å². The van der Waals surface area contributed by atoms with Gasteiger partial charge in [0.2, 0.25) is 5.91 Å². The molecule has 146 valence electrons. The Morgan fingerprint density at radius 1 is 1.18 bits per heavy atom. The Morgan fingerprint density at radius 2 is 1.93 bits per heavy atom. The molecule has 8 heteroatoms. The second-order valence-electron chi connectivity index (χ2n) is 6.04. The molecule has 0 radical (unpaired) electrons. The molecule has 1 atom stereocenters. The number of carbonyl (C=O) groups is 1. The molecule has 0 saturated carbocycles. The van der Waals surface area contributed by atoms with Crippen molar-refractivity contribution >= 4 is 52.3 Å². The van der Waals surface area contributed by atoms with Crippen LogP contribution in [0.4, 0.5) is 0 Å². The van der Waals surface area contributed by atoms with Gasteiger partial charge in [-0.05, 0) is 42.7 Å². The SMILES string of the molecule is CCCOc1ccccc1C=N/N=C1\NC(=O)C(Cc2c(Cl)cccc2Cl)S1. The van der Waals surface area contributed by atoms with E-state index in [9.17, 15) is 4.79 Å². The van der Waals surface area contributed by atoms with Gasteiger partial charge in [-0.15, -0.1) is 5.10 Å². The van der Waals surface area contributed by atoms with Crippen LogP contribution in [0.25, 0.3) is 0 Å². The van der Waals surface area contributed by atoms with Crippen molar-refractivity contribution in [1.82, 2.24) is 5.32 Å². The molecule has 0 aromatic heterocycles. The molecule has 2 aromatic carbocycles. The Kier molecular flexibility index (Phi) is 7.36. The fourth-order valence-electron chi connectivity index (χ4n) is 2.57. The van der Waals surface area contributed by atoms with Gasteiger partial charge in [-0.1, -0.05) is 60.1 Å². The summed E-state index contributed by atoms with van der Waals surface area (Å²) in [6.07, 6.45) is 2.96. The predicted octanol–water partition coefficient (Wildman–Crippen LogP) is 4.95. The summed E-state index contributed by atoms with van der Waals surface area (Å²) in [5.41, 5.74) is 1.58. The lowest BCUT2D eigenvalue weighted by Crippen LogP contribution is -2.26. The van der Waals surface area contributed by atoms with Crippen molar-refractivity contribution in [2.45, 2.75) is 25.0 Å². The summed E-state index contributed by atoms with van der Waals surface area (Å²) in [6, 6.07) is 12.9. The van der Waals surface area contributed by atoms with Gasteiger partial charge in [0.05, 0.1) is 18.1 Å². The number of ether oxygens (including phenoxy) is 1. The number of carbonyl (C=O) groups excluding carboxylic acids is 1. The Hall–Kier alpha value is -2.02. The van der Waals surface area contributed by atoms with Crippen LogP contribution in [0, 0.1) is 0 Å². The number of amidine groups is 1. The Bertz CT molecular complexity index is 898. The van der Waals surface area contributed by atoms with E-state index in [0.717, 1.165) is 23.3 Å². The molecular formula is C20H19Cl2N3O2S. The monoisotopic (exact) mass is 435 g/mol. The molecule has 0 spiro atoms. The van der Waals surface area contributed by atoms with Crippen LogP contribution in [0.2, 0.25) is 10.0 Å². The van der Waals surface area contributed by atoms with Crippen molar-refractivity contribution in [2.24, 2.45) is 10.2 Å². The molecule has 5 nitrogen and oxygen atoms in total. The maximum atomic E-state index is 12.2. The van der Waals surface area contributed by atoms with Crippen LogP contribution < -0.4 is 10.1 Å². The second-order valence-corrected chi connectivity index (χ2v) is 8.04. The number of halogens is 2. The smallest absolute Gasteiger partial charge is 0.239 e. The molecule has 1 aliphatic rings. The molecule has 1 N–H and O–H groups in total. The summed E-state index contributed by atoms with van der Waals surface area (Å²) in [7, 11) is 0. The van der Waals surface area contributed by atoms with Gasteiger partial charge in [0.25, 0.3) is 0 Å². The van der Waals surface area contributed by atoms with E-state index in [4.69, 9.17) is 27.9 Å². The standard InChI is InChI=1S/C20H19Cl2N3O2S/c1-2-10-27-17-9-4-3-6-13(17)12-23-25-20-24-19(26)18(28-20)11-14-15(21)7-5-8-16(14)22/h3-9,12,18H,2,10-11H2,1H3,(H,24,25,26). The van der Waals surface area contributed by atoms with E-state index < -0.39 is 0 Å². The topological polar surface area (TPSA) is 63.1 Å². The highest BCUT2D eigenvalue weighted by Crippen LogP contribution is 2.30. The highest BCUT2D eigenvalue weighted by molar-refractivity contribution is 8.15. The van der Waals surface area contributed by atoms with Gasteiger partial charge >= 0.3 is 0 Å². The van der Waals surface area contributed by atoms with Crippen molar-refractivity contribution in [3.63, 3.8) is 0 Å². The molecule has 0 bridgehead atoms. The Labute approximate surface area is 178 Å². The summed E-state index contributed by atoms with van der Waals surface area (Å²) in [4.78, 5) is 12.2. The van der Waals surface area contributed by atoms with Gasteiger partial charge < -0.3 is 10.1 Å². The van der Waals surface area contributed by atoms with Gasteiger partial charge in [-0.25, -0.2) is 0 Å². The number of thioether (sulfide) groups is 1. The van der Waals surface area contributed by atoms with Crippen LogP contribution in [0.15, 0.2) is 52.7 Å². The third-order valence-electron chi connectivity index (χ3n) is 3.95. The van der Waals surface area contributed by atoms with Crippen LogP contribution >= 0.6 is 35.0 Å². The number of para-hydroxylation sites is 1. The number of rotatable bonds is 7. The Morgan fingerprint density at radius 3 is 2.68 bits per heavy atom. The van der Waals surface area contributed by atoms with Gasteiger partial charge in [-0.2, -0.15) is 5.10 Å². The molecule has 28 heavy (non-hydrogen) atoms. The van der Waals surface area contributed by atoms with Gasteiger partial charge in [0.15, 0.2) is 5.17 Å². The zero-order chi connectivity index (χ0) is 19.9. The summed E-state index contributed by atoms with van der Waals surface area (Å²) in [5, 5.41) is 12.2. The average Bonchev–Trinajstić information content (AvgIpc) is 3.03. The van der Waals surface area contributed by atoms with Crippen LogP contribution in [0.1, 0.15) is 24.5 Å². The lowest BCUT2D eigenvalue weighted by atomic mass is 10.1. The van der Waals surface area contributed by atoms with Crippen molar-refractivity contribution in [2.75, 3.05) is 6.61 Å². The molecule has 1 fully saturated rings. The summed E-state index contributed by atoms with van der Waals surface area (Å²) < 4.78 is 5.69. The van der Waals surface area contributed by atoms with E-state index in [1.54, 1.807) is 24.4 Å². The average molecular weight is 436 g/mol. The first kappa shape index (κ1) is 20.7. The first-order valence-electron chi connectivity index (χ1n) is 8.81. The van der Waals surface area contributed by atoms with Gasteiger partial charge in [-0.3, -0.25) is 4.79 Å². The first-order chi connectivity index (χ1) is 13.6. The molecule has 3 rings (SSSR count). The molecular weight excluding hydrogens is 417 g/mol. The van der Waals surface area contributed by atoms with Crippen molar-refractivity contribution in [3.05, 3.63) is 63.6 Å². The molecule has 1 heterocycles. The van der Waals surface area contributed by atoms with Crippen LogP contribution in [0.5, 0.6) is 5.75 Å². The number of amides is 1. The van der Waals surface area contributed by atoms with Crippen molar-refractivity contribution in [1.29, 1.82) is 0 Å². The minimum Gasteiger partial charge on any atom is -0.493 e. The number of nitrogens with zero attached hydrogens (tertiary/aromatic N) is 2. The lowest BCUT2D eigenvalue weighted by molar-refractivity contribution is -0.118. The molecule has 2 aromatic rings. The molecule has 1 amide bonds. The van der Waals surface area contributed by atoms with Gasteiger partial charge in [0, 0.05) is 15.6 Å². The van der Waals surface area contributed by atoms with Crippen LogP contribution in [-0.4, -0.2) is 29.1 Å². The maximum absolute atomic E-state index is 12.2. The van der Waals surface area contributed by atoms with Crippen molar-refractivity contribution < 1.29 is 9.53 Å². The van der Waals surface area contributed by atoms with Crippen LogP contribution in [-0.2, 0) is 11.2 Å². The lowest BCUT2D eigenvalue weighted by Gasteiger charge is -2.09. The Balaban J connectivity index is 1.67. The van der Waals surface area contributed by atoms with E-state index >= 15 is 0 Å². The zero-order valence-corrected chi connectivity index (χ0v) is 17.5. The predicted molar refractivity (Wildman–Crippen MR) is 117 cm³/mol. The quantitative estimate of drug-likeness (QED) is 0.494. The normalized spacial score (nSPS) is 18.0. The summed E-state index contributed by atoms with van der Waals surface area (Å²) in [6.45, 7) is 2.69. The fraction of sp³-hybridized carbons (Fsp3) is 0.250. The van der Waals surface area contributed by atoms with Gasteiger partial charge in [0.1, 0.15) is 5.75 Å². The number of nitrogens with one attached hydrogen (secondary N) is 1. The molecule has 1 saturated heterocycles. The minimum absolute atomic E-state index is 0.137. The number of hydrogen-bond donors (Lipinski definition) is 1. The zero-order valence-electron chi connectivity index (χ0n) is 15.2. The third-order valence-corrected chi connectivity index (χ3v) is 5.73. The largest absolute Gasteiger partial charge is 0.493 e. The first-order valence-corrected chi connectivity index (χ1v) is 10.4. The number of benzene rings is 2. The fourth-order valence-corrected chi connectivity index (χ4v) is 4.06. The molecule has 1 aliphatic heterocycles. The molecule has 0 aliphatic carbocycles. The molecule has 1 unspecified atom stereocenters. The van der Waals surface area contributed by atoms with E-state index in [1.807, 2.05) is 24.3 Å². The highest BCUT2D eigenvalue weighted by atomic mass is 35.5. The number of hydrogen-bond acceptors (Lipinski definition) is 5. The summed E-state index contributed by atoms with van der Waals surface area (Å²) >= 11 is 13.7. The van der Waals surface area contributed by atoms with E-state index in [1.165, 1.54) is 11.8 Å².